The molecule has 0 saturated carbocycles. The van der Waals surface area contributed by atoms with Gasteiger partial charge in [0.15, 0.2) is 0 Å². The highest BCUT2D eigenvalue weighted by Crippen LogP contribution is 2.17. The van der Waals surface area contributed by atoms with Crippen LogP contribution in [0.2, 0.25) is 0 Å². The summed E-state index contributed by atoms with van der Waals surface area (Å²) in [5.74, 6) is -0.0798. The first-order valence-corrected chi connectivity index (χ1v) is 13.6. The van der Waals surface area contributed by atoms with Crippen molar-refractivity contribution in [1.82, 2.24) is 4.90 Å². The van der Waals surface area contributed by atoms with E-state index in [1.807, 2.05) is 0 Å². The SMILES string of the molecule is CCCCCCCCC(CCCCCCCC)OC(=O)CCCN(CCO)CCCC=O. The number of rotatable bonds is 25. The Morgan fingerprint density at radius 1 is 0.781 bits per heavy atom. The van der Waals surface area contributed by atoms with Crippen molar-refractivity contribution in [3.05, 3.63) is 0 Å². The van der Waals surface area contributed by atoms with Crippen LogP contribution in [0.1, 0.15) is 129 Å². The summed E-state index contributed by atoms with van der Waals surface area (Å²) in [4.78, 5) is 25.1. The summed E-state index contributed by atoms with van der Waals surface area (Å²) in [7, 11) is 0. The molecule has 1 N–H and O–H groups in total. The monoisotopic (exact) mass is 455 g/mol. The van der Waals surface area contributed by atoms with E-state index in [-0.39, 0.29) is 18.7 Å². The van der Waals surface area contributed by atoms with E-state index in [0.29, 0.717) is 19.4 Å². The van der Waals surface area contributed by atoms with Gasteiger partial charge in [-0.3, -0.25) is 4.79 Å². The quantitative estimate of drug-likeness (QED) is 0.0973. The molecule has 0 aromatic carbocycles. The van der Waals surface area contributed by atoms with Crippen LogP contribution in [0, 0.1) is 0 Å². The minimum Gasteiger partial charge on any atom is -0.462 e. The number of aliphatic hydroxyl groups excluding tert-OH is 1. The minimum absolute atomic E-state index is 0.0704. The zero-order valence-electron chi connectivity index (χ0n) is 21.3. The predicted octanol–water partition coefficient (Wildman–Crippen LogP) is 6.45. The van der Waals surface area contributed by atoms with Gasteiger partial charge in [-0.25, -0.2) is 0 Å². The van der Waals surface area contributed by atoms with Crippen LogP contribution in [0.4, 0.5) is 0 Å². The highest BCUT2D eigenvalue weighted by atomic mass is 16.5. The summed E-state index contributed by atoms with van der Waals surface area (Å²) in [5.41, 5.74) is 0. The predicted molar refractivity (Wildman–Crippen MR) is 134 cm³/mol. The van der Waals surface area contributed by atoms with Gasteiger partial charge in [-0.15, -0.1) is 0 Å². The molecule has 0 aromatic heterocycles. The summed E-state index contributed by atoms with van der Waals surface area (Å²) in [6.07, 6.45) is 20.7. The molecular weight excluding hydrogens is 402 g/mol. The van der Waals surface area contributed by atoms with E-state index in [4.69, 9.17) is 4.74 Å². The van der Waals surface area contributed by atoms with E-state index in [1.54, 1.807) is 0 Å². The molecule has 0 aliphatic carbocycles. The minimum atomic E-state index is -0.0798. The second kappa shape index (κ2) is 24.7. The smallest absolute Gasteiger partial charge is 0.306 e. The molecule has 32 heavy (non-hydrogen) atoms. The van der Waals surface area contributed by atoms with Gasteiger partial charge in [-0.05, 0) is 51.6 Å². The second-order valence-electron chi connectivity index (χ2n) is 9.20. The van der Waals surface area contributed by atoms with Crippen LogP contribution in [0.5, 0.6) is 0 Å². The van der Waals surface area contributed by atoms with E-state index < -0.39 is 0 Å². The van der Waals surface area contributed by atoms with E-state index >= 15 is 0 Å². The molecule has 0 atom stereocenters. The van der Waals surface area contributed by atoms with E-state index in [2.05, 4.69) is 18.7 Å². The van der Waals surface area contributed by atoms with Crippen molar-refractivity contribution in [2.24, 2.45) is 0 Å². The van der Waals surface area contributed by atoms with Gasteiger partial charge in [0.25, 0.3) is 0 Å². The highest BCUT2D eigenvalue weighted by molar-refractivity contribution is 5.69. The average Bonchev–Trinajstić information content (AvgIpc) is 2.78. The number of hydrogen-bond acceptors (Lipinski definition) is 5. The summed E-state index contributed by atoms with van der Waals surface area (Å²) in [6.45, 7) is 6.71. The third-order valence-electron chi connectivity index (χ3n) is 6.13. The Hall–Kier alpha value is -0.940. The molecule has 0 heterocycles. The lowest BCUT2D eigenvalue weighted by Gasteiger charge is -2.21. The molecule has 0 spiro atoms. The van der Waals surface area contributed by atoms with Gasteiger partial charge in [-0.1, -0.05) is 78.1 Å². The molecule has 0 bridgehead atoms. The maximum Gasteiger partial charge on any atom is 0.306 e. The summed E-state index contributed by atoms with van der Waals surface area (Å²) in [6, 6.07) is 0. The zero-order chi connectivity index (χ0) is 23.7. The Bertz CT molecular complexity index is 400. The van der Waals surface area contributed by atoms with Gasteiger partial charge in [0.1, 0.15) is 12.4 Å². The lowest BCUT2D eigenvalue weighted by molar-refractivity contribution is -0.150. The topological polar surface area (TPSA) is 66.8 Å². The Morgan fingerprint density at radius 3 is 1.84 bits per heavy atom. The van der Waals surface area contributed by atoms with E-state index in [9.17, 15) is 14.7 Å². The van der Waals surface area contributed by atoms with Crippen molar-refractivity contribution in [2.75, 3.05) is 26.2 Å². The Kier molecular flexibility index (Phi) is 24.0. The summed E-state index contributed by atoms with van der Waals surface area (Å²) in [5, 5.41) is 9.22. The lowest BCUT2D eigenvalue weighted by Crippen LogP contribution is -2.30. The van der Waals surface area contributed by atoms with Gasteiger partial charge in [-0.2, -0.15) is 0 Å². The first kappa shape index (κ1) is 31.1. The van der Waals surface area contributed by atoms with Crippen molar-refractivity contribution in [3.8, 4) is 0 Å². The van der Waals surface area contributed by atoms with Crippen molar-refractivity contribution in [3.63, 3.8) is 0 Å². The fourth-order valence-electron chi connectivity index (χ4n) is 4.13. The number of hydrogen-bond donors (Lipinski definition) is 1. The number of carbonyl (C=O) groups excluding carboxylic acids is 2. The number of unbranched alkanes of at least 4 members (excludes halogenated alkanes) is 11. The molecule has 0 aliphatic rings. The van der Waals surface area contributed by atoms with Crippen molar-refractivity contribution < 1.29 is 19.4 Å². The molecule has 0 aliphatic heterocycles. The summed E-state index contributed by atoms with van der Waals surface area (Å²) < 4.78 is 5.89. The molecule has 0 aromatic rings. The molecule has 0 amide bonds. The molecular formula is C27H53NO4. The van der Waals surface area contributed by atoms with E-state index in [1.165, 1.54) is 64.2 Å². The fourth-order valence-corrected chi connectivity index (χ4v) is 4.13. The van der Waals surface area contributed by atoms with Crippen molar-refractivity contribution in [2.45, 2.75) is 136 Å². The van der Waals surface area contributed by atoms with Gasteiger partial charge >= 0.3 is 5.97 Å². The number of aldehydes is 1. The maximum absolute atomic E-state index is 12.5. The van der Waals surface area contributed by atoms with E-state index in [0.717, 1.165) is 57.9 Å². The number of ether oxygens (including phenoxy) is 1. The zero-order valence-corrected chi connectivity index (χ0v) is 21.3. The summed E-state index contributed by atoms with van der Waals surface area (Å²) >= 11 is 0. The van der Waals surface area contributed by atoms with Crippen LogP contribution in [0.15, 0.2) is 0 Å². The molecule has 0 fully saturated rings. The maximum atomic E-state index is 12.5. The standard InChI is InChI=1S/C27H53NO4/c1-3-5-7-9-11-13-18-26(19-14-12-10-8-6-4-2)32-27(31)20-17-22-28(23-25-30)21-15-16-24-29/h24,26,30H,3-23,25H2,1-2H3. The van der Waals surface area contributed by atoms with Gasteiger partial charge in [0.2, 0.25) is 0 Å². The number of esters is 1. The first-order chi connectivity index (χ1) is 15.7. The second-order valence-corrected chi connectivity index (χ2v) is 9.20. The van der Waals surface area contributed by atoms with Crippen LogP contribution in [0.3, 0.4) is 0 Å². The number of nitrogens with zero attached hydrogens (tertiary/aromatic N) is 1. The van der Waals surface area contributed by atoms with Crippen LogP contribution >= 0.6 is 0 Å². The third kappa shape index (κ3) is 20.9. The molecule has 0 radical (unpaired) electrons. The third-order valence-corrected chi connectivity index (χ3v) is 6.13. The molecule has 0 unspecified atom stereocenters. The average molecular weight is 456 g/mol. The van der Waals surface area contributed by atoms with Crippen LogP contribution in [0.25, 0.3) is 0 Å². The van der Waals surface area contributed by atoms with Gasteiger partial charge in [0.05, 0.1) is 6.61 Å². The first-order valence-electron chi connectivity index (χ1n) is 13.6. The largest absolute Gasteiger partial charge is 0.462 e. The highest BCUT2D eigenvalue weighted by Gasteiger charge is 2.15. The van der Waals surface area contributed by atoms with Crippen LogP contribution in [-0.4, -0.2) is 54.6 Å². The molecule has 0 saturated heterocycles. The molecule has 0 rings (SSSR count). The molecule has 5 heteroatoms. The van der Waals surface area contributed by atoms with Gasteiger partial charge in [0, 0.05) is 19.4 Å². The number of aliphatic hydroxyl groups is 1. The Morgan fingerprint density at radius 2 is 1.31 bits per heavy atom. The van der Waals surface area contributed by atoms with Crippen molar-refractivity contribution in [1.29, 1.82) is 0 Å². The normalized spacial score (nSPS) is 11.4. The van der Waals surface area contributed by atoms with Gasteiger partial charge < -0.3 is 19.5 Å². The van der Waals surface area contributed by atoms with Crippen LogP contribution in [-0.2, 0) is 14.3 Å². The fraction of sp³-hybridized carbons (Fsp3) is 0.926. The number of carbonyl (C=O) groups is 2. The lowest BCUT2D eigenvalue weighted by atomic mass is 10.0. The molecule has 5 nitrogen and oxygen atoms in total. The Balaban J connectivity index is 4.27. The van der Waals surface area contributed by atoms with Crippen molar-refractivity contribution >= 4 is 12.3 Å². The Labute approximate surface area is 198 Å². The molecule has 190 valence electrons. The van der Waals surface area contributed by atoms with Crippen LogP contribution < -0.4 is 0 Å².